The minimum Gasteiger partial charge on any atom is -0.369 e. The van der Waals surface area contributed by atoms with E-state index in [4.69, 9.17) is 5.73 Å². The summed E-state index contributed by atoms with van der Waals surface area (Å²) in [5.74, 6) is 0.432. The van der Waals surface area contributed by atoms with E-state index in [-0.39, 0.29) is 5.91 Å². The first kappa shape index (κ1) is 14.9. The Bertz CT molecular complexity index is 124. The lowest BCUT2D eigenvalue weighted by atomic mass is 10.1. The molecule has 0 heterocycles. The van der Waals surface area contributed by atoms with Crippen molar-refractivity contribution in [1.82, 2.24) is 4.90 Å². The molecule has 80 valence electrons. The first-order chi connectivity index (χ1) is 6.02. The molecule has 0 atom stereocenters. The van der Waals surface area contributed by atoms with Gasteiger partial charge in [0.05, 0.1) is 6.54 Å². The van der Waals surface area contributed by atoms with Crippen LogP contribution < -0.4 is 5.73 Å². The highest BCUT2D eigenvalue weighted by Crippen LogP contribution is 1.99. The van der Waals surface area contributed by atoms with E-state index in [0.29, 0.717) is 12.5 Å². The predicted molar refractivity (Wildman–Crippen MR) is 57.5 cm³/mol. The minimum atomic E-state index is -0.253. The summed E-state index contributed by atoms with van der Waals surface area (Å²) in [4.78, 5) is 12.4. The summed E-state index contributed by atoms with van der Waals surface area (Å²) in [5, 5.41) is 0. The number of primary amides is 1. The molecule has 0 aromatic carbocycles. The zero-order chi connectivity index (χ0) is 10.9. The number of carbonyl (C=O) groups is 1. The first-order valence-corrected chi connectivity index (χ1v) is 4.99. The first-order valence-electron chi connectivity index (χ1n) is 4.99. The molecular formula is C10H24N2O. The third-order valence-electron chi connectivity index (χ3n) is 1.51. The van der Waals surface area contributed by atoms with E-state index in [1.54, 1.807) is 0 Å². The number of nitrogens with two attached hydrogens (primary N) is 1. The standard InChI is InChI=1S/C8H18N2O.C2H6/c1-7(2)4-5-10(3)6-8(9)11;1-2/h7H,4-6H2,1-3H3,(H2,9,11);1-2H3. The fraction of sp³-hybridized carbons (Fsp3) is 0.900. The molecule has 0 rings (SSSR count). The van der Waals surface area contributed by atoms with E-state index in [2.05, 4.69) is 13.8 Å². The number of hydrogen-bond acceptors (Lipinski definition) is 2. The topological polar surface area (TPSA) is 46.3 Å². The van der Waals surface area contributed by atoms with Crippen molar-refractivity contribution in [3.05, 3.63) is 0 Å². The van der Waals surface area contributed by atoms with Gasteiger partial charge < -0.3 is 5.73 Å². The van der Waals surface area contributed by atoms with Crippen LogP contribution in [0.25, 0.3) is 0 Å². The van der Waals surface area contributed by atoms with Crippen LogP contribution in [0.1, 0.15) is 34.1 Å². The van der Waals surface area contributed by atoms with Crippen LogP contribution in [0.2, 0.25) is 0 Å². The minimum absolute atomic E-state index is 0.253. The van der Waals surface area contributed by atoms with Gasteiger partial charge in [0.15, 0.2) is 0 Å². The second-order valence-electron chi connectivity index (χ2n) is 3.39. The maximum absolute atomic E-state index is 10.4. The van der Waals surface area contributed by atoms with Crippen LogP contribution in [-0.4, -0.2) is 30.9 Å². The molecule has 0 saturated carbocycles. The lowest BCUT2D eigenvalue weighted by molar-refractivity contribution is -0.118. The molecule has 13 heavy (non-hydrogen) atoms. The number of likely N-dealkylation sites (N-methyl/N-ethyl adjacent to an activating group) is 1. The van der Waals surface area contributed by atoms with Gasteiger partial charge in [-0.05, 0) is 25.9 Å². The third-order valence-corrected chi connectivity index (χ3v) is 1.51. The molecule has 0 aromatic heterocycles. The van der Waals surface area contributed by atoms with Crippen LogP contribution in [0.3, 0.4) is 0 Å². The van der Waals surface area contributed by atoms with E-state index in [1.165, 1.54) is 0 Å². The molecule has 0 aromatic rings. The maximum Gasteiger partial charge on any atom is 0.231 e. The van der Waals surface area contributed by atoms with Gasteiger partial charge >= 0.3 is 0 Å². The van der Waals surface area contributed by atoms with Crippen molar-refractivity contribution in [1.29, 1.82) is 0 Å². The summed E-state index contributed by atoms with van der Waals surface area (Å²) in [6, 6.07) is 0. The van der Waals surface area contributed by atoms with Crippen molar-refractivity contribution in [2.24, 2.45) is 11.7 Å². The van der Waals surface area contributed by atoms with Crippen molar-refractivity contribution in [2.75, 3.05) is 20.1 Å². The highest BCUT2D eigenvalue weighted by Gasteiger charge is 2.02. The Balaban J connectivity index is 0. The highest BCUT2D eigenvalue weighted by atomic mass is 16.1. The van der Waals surface area contributed by atoms with Gasteiger partial charge in [0.1, 0.15) is 0 Å². The molecule has 3 nitrogen and oxygen atoms in total. The van der Waals surface area contributed by atoms with Crippen molar-refractivity contribution >= 4 is 5.91 Å². The van der Waals surface area contributed by atoms with E-state index < -0.39 is 0 Å². The summed E-state index contributed by atoms with van der Waals surface area (Å²) in [6.07, 6.45) is 1.11. The van der Waals surface area contributed by atoms with Gasteiger partial charge in [-0.2, -0.15) is 0 Å². The molecule has 0 aliphatic heterocycles. The summed E-state index contributed by atoms with van der Waals surface area (Å²) in [5.41, 5.74) is 5.02. The summed E-state index contributed by atoms with van der Waals surface area (Å²) < 4.78 is 0. The SMILES string of the molecule is CC.CC(C)CCN(C)CC(N)=O. The fourth-order valence-corrected chi connectivity index (χ4v) is 0.824. The quantitative estimate of drug-likeness (QED) is 0.710. The third kappa shape index (κ3) is 14.3. The lowest BCUT2D eigenvalue weighted by Crippen LogP contribution is -2.31. The van der Waals surface area contributed by atoms with Crippen molar-refractivity contribution in [2.45, 2.75) is 34.1 Å². The number of rotatable bonds is 5. The van der Waals surface area contributed by atoms with E-state index in [0.717, 1.165) is 13.0 Å². The second-order valence-corrected chi connectivity index (χ2v) is 3.39. The van der Waals surface area contributed by atoms with E-state index in [9.17, 15) is 4.79 Å². The fourth-order valence-electron chi connectivity index (χ4n) is 0.824. The Labute approximate surface area is 82.3 Å². The monoisotopic (exact) mass is 188 g/mol. The van der Waals surface area contributed by atoms with Gasteiger partial charge in [-0.15, -0.1) is 0 Å². The van der Waals surface area contributed by atoms with Crippen LogP contribution in [0.4, 0.5) is 0 Å². The molecule has 0 aliphatic rings. The molecule has 0 aliphatic carbocycles. The Morgan fingerprint density at radius 1 is 1.38 bits per heavy atom. The number of amides is 1. The maximum atomic E-state index is 10.4. The predicted octanol–water partition coefficient (Wildman–Crippen LogP) is 1.48. The Morgan fingerprint density at radius 2 is 1.85 bits per heavy atom. The number of hydrogen-bond donors (Lipinski definition) is 1. The molecular weight excluding hydrogens is 164 g/mol. The van der Waals surface area contributed by atoms with Crippen molar-refractivity contribution < 1.29 is 4.79 Å². The van der Waals surface area contributed by atoms with Gasteiger partial charge in [0, 0.05) is 0 Å². The molecule has 1 amide bonds. The molecule has 3 heteroatoms. The number of carbonyl (C=O) groups excluding carboxylic acids is 1. The normalized spacial score (nSPS) is 9.77. The van der Waals surface area contributed by atoms with Gasteiger partial charge in [0.25, 0.3) is 0 Å². The van der Waals surface area contributed by atoms with Crippen LogP contribution in [-0.2, 0) is 4.79 Å². The second kappa shape index (κ2) is 9.52. The molecule has 0 saturated heterocycles. The van der Waals surface area contributed by atoms with Gasteiger partial charge in [0.2, 0.25) is 5.91 Å². The molecule has 0 unspecified atom stereocenters. The van der Waals surface area contributed by atoms with Crippen LogP contribution >= 0.6 is 0 Å². The lowest BCUT2D eigenvalue weighted by Gasteiger charge is -2.15. The number of nitrogens with zero attached hydrogens (tertiary/aromatic N) is 1. The molecule has 0 fully saturated rings. The summed E-state index contributed by atoms with van der Waals surface area (Å²) in [7, 11) is 1.91. The van der Waals surface area contributed by atoms with Gasteiger partial charge in [-0.1, -0.05) is 27.7 Å². The van der Waals surface area contributed by atoms with Crippen LogP contribution in [0, 0.1) is 5.92 Å². The van der Waals surface area contributed by atoms with Crippen molar-refractivity contribution in [3.8, 4) is 0 Å². The van der Waals surface area contributed by atoms with Gasteiger partial charge in [-0.3, -0.25) is 9.69 Å². The highest BCUT2D eigenvalue weighted by molar-refractivity contribution is 5.75. The Kier molecular flexibility index (Phi) is 10.9. The Morgan fingerprint density at radius 3 is 2.15 bits per heavy atom. The van der Waals surface area contributed by atoms with E-state index >= 15 is 0 Å². The molecule has 0 radical (unpaired) electrons. The molecule has 2 N–H and O–H groups in total. The van der Waals surface area contributed by atoms with E-state index in [1.807, 2.05) is 25.8 Å². The average Bonchev–Trinajstić information content (AvgIpc) is 2.03. The average molecular weight is 188 g/mol. The van der Waals surface area contributed by atoms with Crippen molar-refractivity contribution in [3.63, 3.8) is 0 Å². The molecule has 0 spiro atoms. The molecule has 0 bridgehead atoms. The summed E-state index contributed by atoms with van der Waals surface area (Å²) in [6.45, 7) is 9.64. The summed E-state index contributed by atoms with van der Waals surface area (Å²) >= 11 is 0. The Hall–Kier alpha value is -0.570. The van der Waals surface area contributed by atoms with Crippen LogP contribution in [0.15, 0.2) is 0 Å². The zero-order valence-corrected chi connectivity index (χ0v) is 9.63. The smallest absolute Gasteiger partial charge is 0.231 e. The largest absolute Gasteiger partial charge is 0.369 e. The van der Waals surface area contributed by atoms with Crippen LogP contribution in [0.5, 0.6) is 0 Å². The van der Waals surface area contributed by atoms with Gasteiger partial charge in [-0.25, -0.2) is 0 Å². The zero-order valence-electron chi connectivity index (χ0n) is 9.63.